The first-order chi connectivity index (χ1) is 24.4. The van der Waals surface area contributed by atoms with Crippen LogP contribution >= 0.6 is 0 Å². The fraction of sp³-hybridized carbons (Fsp3) is 0.381. The summed E-state index contributed by atoms with van der Waals surface area (Å²) in [4.78, 5) is 23.0. The lowest BCUT2D eigenvalue weighted by atomic mass is 9.86. The molecule has 0 fully saturated rings. The quantitative estimate of drug-likeness (QED) is 0.110. The third kappa shape index (κ3) is 15.3. The van der Waals surface area contributed by atoms with E-state index in [2.05, 4.69) is 115 Å². The van der Waals surface area contributed by atoms with Gasteiger partial charge >= 0.3 is 5.97 Å². The summed E-state index contributed by atoms with van der Waals surface area (Å²) in [7, 11) is -3.65. The number of aliphatic carboxylic acids is 1. The van der Waals surface area contributed by atoms with Gasteiger partial charge in [-0.25, -0.2) is 17.6 Å². The third-order valence-corrected chi connectivity index (χ3v) is 8.28. The molecule has 0 unspecified atom stereocenters. The Kier molecular flexibility index (Phi) is 15.6. The number of anilines is 3. The number of carboxylic acids is 1. The van der Waals surface area contributed by atoms with Crippen LogP contribution in [0.15, 0.2) is 67.3 Å². The Hall–Kier alpha value is -4.90. The summed E-state index contributed by atoms with van der Waals surface area (Å²) in [6.07, 6.45) is 8.26. The van der Waals surface area contributed by atoms with Gasteiger partial charge in [0.1, 0.15) is 5.82 Å². The zero-order valence-electron chi connectivity index (χ0n) is 32.9. The van der Waals surface area contributed by atoms with Crippen molar-refractivity contribution >= 4 is 57.2 Å². The Morgan fingerprint density at radius 2 is 1.26 bits per heavy atom. The normalized spacial score (nSPS) is 12.1. The van der Waals surface area contributed by atoms with E-state index in [0.29, 0.717) is 11.6 Å². The summed E-state index contributed by atoms with van der Waals surface area (Å²) >= 11 is 0. The molecule has 0 heterocycles. The van der Waals surface area contributed by atoms with Crippen molar-refractivity contribution < 1.29 is 27.5 Å². The van der Waals surface area contributed by atoms with Gasteiger partial charge in [0, 0.05) is 47.7 Å². The molecule has 5 N–H and O–H groups in total. The van der Waals surface area contributed by atoms with Crippen LogP contribution in [-0.2, 0) is 37.0 Å². The molecule has 0 aromatic heterocycles. The van der Waals surface area contributed by atoms with E-state index in [0.717, 1.165) is 34.8 Å². The van der Waals surface area contributed by atoms with E-state index >= 15 is 0 Å². The fourth-order valence-corrected chi connectivity index (χ4v) is 5.61. The van der Waals surface area contributed by atoms with E-state index < -0.39 is 21.8 Å². The lowest BCUT2D eigenvalue weighted by Crippen LogP contribution is -2.21. The van der Waals surface area contributed by atoms with Crippen LogP contribution in [0.25, 0.3) is 18.2 Å². The maximum absolute atomic E-state index is 14.5. The van der Waals surface area contributed by atoms with Gasteiger partial charge in [-0.3, -0.25) is 9.52 Å². The topological polar surface area (TPSA) is 137 Å². The SMILES string of the molecule is C=Cc1cc(CNC(=O)C=Cc2ccc(C(C)(C)C)cc2NC(C)C)cc(F)c1NS(C)(=O)=O.CC(C)Nc1cc(C(C)(C)C)ccc1C=CC(=O)O. The highest BCUT2D eigenvalue weighted by Gasteiger charge is 2.17. The Balaban J connectivity index is 0.000000432. The summed E-state index contributed by atoms with van der Waals surface area (Å²) in [5, 5.41) is 18.2. The Bertz CT molecular complexity index is 1940. The molecule has 11 heteroatoms. The van der Waals surface area contributed by atoms with E-state index in [1.165, 1.54) is 29.3 Å². The number of amides is 1. The van der Waals surface area contributed by atoms with Gasteiger partial charge in [0.05, 0.1) is 11.9 Å². The number of hydrogen-bond acceptors (Lipinski definition) is 6. The number of sulfonamides is 1. The van der Waals surface area contributed by atoms with Gasteiger partial charge in [-0.15, -0.1) is 0 Å². The molecule has 0 bridgehead atoms. The van der Waals surface area contributed by atoms with Gasteiger partial charge < -0.3 is 21.1 Å². The van der Waals surface area contributed by atoms with Gasteiger partial charge in [0.25, 0.3) is 0 Å². The molecule has 0 aliphatic heterocycles. The van der Waals surface area contributed by atoms with Gasteiger partial charge in [-0.2, -0.15) is 0 Å². The molecule has 0 aliphatic carbocycles. The zero-order valence-corrected chi connectivity index (χ0v) is 33.8. The number of carbonyl (C=O) groups is 2. The molecular weight excluding hydrogens is 692 g/mol. The van der Waals surface area contributed by atoms with E-state index in [1.54, 1.807) is 18.2 Å². The first-order valence-electron chi connectivity index (χ1n) is 17.5. The number of hydrogen-bond donors (Lipinski definition) is 5. The highest BCUT2D eigenvalue weighted by Crippen LogP contribution is 2.30. The third-order valence-electron chi connectivity index (χ3n) is 7.70. The standard InChI is InChI=1S/C26H34FN3O3S.C16H23NO2/c1-8-19-13-18(14-22(27)25(19)30-34(7,32)33)16-28-24(31)12-10-20-9-11-21(26(4,5)6)15-23(20)29-17(2)3;1-11(2)17-14-10-13(16(3,4)5)8-6-12(14)7-9-15(18)19/h8-15,17,29-30H,1,16H2,2-7H3,(H,28,31);6-11,17H,1-5H3,(H,18,19). The van der Waals surface area contributed by atoms with Crippen LogP contribution in [-0.4, -0.2) is 43.7 Å². The fourth-order valence-electron chi connectivity index (χ4n) is 5.03. The molecule has 0 atom stereocenters. The van der Waals surface area contributed by atoms with Crippen LogP contribution in [0.1, 0.15) is 103 Å². The molecule has 53 heavy (non-hydrogen) atoms. The van der Waals surface area contributed by atoms with Crippen molar-refractivity contribution in [1.82, 2.24) is 5.32 Å². The number of carboxylic acid groups (broad SMARTS) is 1. The summed E-state index contributed by atoms with van der Waals surface area (Å²) in [5.41, 5.74) is 6.76. The minimum absolute atomic E-state index is 0.00101. The Morgan fingerprint density at radius 1 is 0.792 bits per heavy atom. The van der Waals surface area contributed by atoms with Crippen LogP contribution in [0.4, 0.5) is 21.5 Å². The number of benzene rings is 3. The minimum Gasteiger partial charge on any atom is -0.478 e. The van der Waals surface area contributed by atoms with E-state index in [1.807, 2.05) is 18.2 Å². The molecule has 0 aliphatic rings. The summed E-state index contributed by atoms with van der Waals surface area (Å²) in [6.45, 7) is 24.8. The van der Waals surface area contributed by atoms with Crippen molar-refractivity contribution in [3.8, 4) is 0 Å². The monoisotopic (exact) mass is 748 g/mol. The zero-order chi connectivity index (χ0) is 40.3. The second-order valence-corrected chi connectivity index (χ2v) is 17.3. The lowest BCUT2D eigenvalue weighted by molar-refractivity contribution is -0.131. The van der Waals surface area contributed by atoms with Gasteiger partial charge in [-0.1, -0.05) is 78.5 Å². The smallest absolute Gasteiger partial charge is 0.328 e. The van der Waals surface area contributed by atoms with Crippen molar-refractivity contribution in [2.45, 2.75) is 98.7 Å². The largest absolute Gasteiger partial charge is 0.478 e. The molecule has 3 rings (SSSR count). The molecule has 3 aromatic rings. The van der Waals surface area contributed by atoms with E-state index in [-0.39, 0.29) is 40.6 Å². The van der Waals surface area contributed by atoms with Crippen LogP contribution in [0.2, 0.25) is 0 Å². The Labute approximate surface area is 315 Å². The number of halogens is 1. The van der Waals surface area contributed by atoms with Crippen molar-refractivity contribution in [1.29, 1.82) is 0 Å². The first-order valence-corrected chi connectivity index (χ1v) is 19.4. The van der Waals surface area contributed by atoms with E-state index in [9.17, 15) is 22.4 Å². The molecule has 0 radical (unpaired) electrons. The van der Waals surface area contributed by atoms with Crippen molar-refractivity contribution in [3.63, 3.8) is 0 Å². The second kappa shape index (κ2) is 18.7. The van der Waals surface area contributed by atoms with Crippen LogP contribution < -0.4 is 20.7 Å². The summed E-state index contributed by atoms with van der Waals surface area (Å²) in [5.74, 6) is -2.02. The molecule has 0 spiro atoms. The van der Waals surface area contributed by atoms with Gasteiger partial charge in [0.2, 0.25) is 15.9 Å². The average Bonchev–Trinajstić information content (AvgIpc) is 3.01. The summed E-state index contributed by atoms with van der Waals surface area (Å²) < 4.78 is 39.6. The Morgan fingerprint density at radius 3 is 1.66 bits per heavy atom. The predicted octanol–water partition coefficient (Wildman–Crippen LogP) is 9.19. The maximum atomic E-state index is 14.5. The number of carbonyl (C=O) groups excluding carboxylic acids is 1. The molecule has 3 aromatic carbocycles. The van der Waals surface area contributed by atoms with Crippen molar-refractivity contribution in [3.05, 3.63) is 106 Å². The van der Waals surface area contributed by atoms with Crippen LogP contribution in [0, 0.1) is 5.82 Å². The average molecular weight is 749 g/mol. The molecule has 0 saturated carbocycles. The van der Waals surface area contributed by atoms with Gasteiger partial charge in [-0.05, 0) is 103 Å². The van der Waals surface area contributed by atoms with Gasteiger partial charge in [0.15, 0.2) is 0 Å². The lowest BCUT2D eigenvalue weighted by Gasteiger charge is -2.22. The molecule has 1 amide bonds. The maximum Gasteiger partial charge on any atom is 0.328 e. The second-order valence-electron chi connectivity index (χ2n) is 15.5. The minimum atomic E-state index is -3.65. The van der Waals surface area contributed by atoms with Crippen molar-refractivity contribution in [2.24, 2.45) is 0 Å². The molecule has 9 nitrogen and oxygen atoms in total. The number of nitrogens with one attached hydrogen (secondary N) is 4. The predicted molar refractivity (Wildman–Crippen MR) is 220 cm³/mol. The van der Waals surface area contributed by atoms with Crippen LogP contribution in [0.3, 0.4) is 0 Å². The van der Waals surface area contributed by atoms with Crippen molar-refractivity contribution in [2.75, 3.05) is 21.6 Å². The van der Waals surface area contributed by atoms with E-state index in [4.69, 9.17) is 5.11 Å². The first kappa shape index (κ1) is 44.3. The highest BCUT2D eigenvalue weighted by atomic mass is 32.2. The van der Waals surface area contributed by atoms with Crippen LogP contribution in [0.5, 0.6) is 0 Å². The molecule has 288 valence electrons. The molecule has 0 saturated heterocycles. The highest BCUT2D eigenvalue weighted by molar-refractivity contribution is 7.92. The summed E-state index contributed by atoms with van der Waals surface area (Å²) in [6, 6.07) is 15.5. The number of rotatable bonds is 13. The molecular formula is C42H57FN4O5S.